The maximum atomic E-state index is 5.60. The number of thiazole rings is 1. The lowest BCUT2D eigenvalue weighted by Gasteiger charge is -2.09. The molecule has 1 aromatic heterocycles. The summed E-state index contributed by atoms with van der Waals surface area (Å²) in [4.78, 5) is 4.18. The van der Waals surface area contributed by atoms with Crippen LogP contribution in [0.1, 0.15) is 26.2 Å². The highest BCUT2D eigenvalue weighted by Gasteiger charge is 2.20. The summed E-state index contributed by atoms with van der Waals surface area (Å²) in [5, 5.41) is 5.10. The predicted molar refractivity (Wildman–Crippen MR) is 61.5 cm³/mol. The zero-order chi connectivity index (χ0) is 9.97. The average molecular weight is 211 g/mol. The van der Waals surface area contributed by atoms with E-state index in [0.29, 0.717) is 0 Å². The third-order valence-electron chi connectivity index (χ3n) is 2.87. The Balaban J connectivity index is 1.77. The Morgan fingerprint density at radius 1 is 1.64 bits per heavy atom. The molecule has 0 radical (unpaired) electrons. The summed E-state index contributed by atoms with van der Waals surface area (Å²) in [6, 6.07) is 0. The second-order valence-electron chi connectivity index (χ2n) is 4.23. The van der Waals surface area contributed by atoms with Gasteiger partial charge in [0.2, 0.25) is 0 Å². The first-order valence-corrected chi connectivity index (χ1v) is 6.01. The van der Waals surface area contributed by atoms with Crippen LogP contribution >= 0.6 is 11.3 Å². The number of hydrogen-bond donors (Lipinski definition) is 2. The maximum absolute atomic E-state index is 5.60. The van der Waals surface area contributed by atoms with Crippen molar-refractivity contribution in [3.05, 3.63) is 6.20 Å². The van der Waals surface area contributed by atoms with Gasteiger partial charge in [0.1, 0.15) is 5.00 Å². The van der Waals surface area contributed by atoms with Crippen LogP contribution in [0.4, 0.5) is 10.1 Å². The smallest absolute Gasteiger partial charge is 0.184 e. The average Bonchev–Trinajstić information content (AvgIpc) is 2.72. The molecule has 2 atom stereocenters. The van der Waals surface area contributed by atoms with E-state index in [-0.39, 0.29) is 0 Å². The first-order chi connectivity index (χ1) is 6.74. The van der Waals surface area contributed by atoms with Gasteiger partial charge in [-0.3, -0.25) is 0 Å². The van der Waals surface area contributed by atoms with E-state index in [4.69, 9.17) is 5.73 Å². The Morgan fingerprint density at radius 2 is 2.50 bits per heavy atom. The molecule has 78 valence electrons. The molecule has 1 fully saturated rings. The van der Waals surface area contributed by atoms with Gasteiger partial charge in [0, 0.05) is 6.54 Å². The van der Waals surface area contributed by atoms with Crippen molar-refractivity contribution in [2.24, 2.45) is 11.8 Å². The minimum Gasteiger partial charge on any atom is -0.389 e. The molecular formula is C10H17N3S. The van der Waals surface area contributed by atoms with Crippen molar-refractivity contribution in [3.8, 4) is 0 Å². The number of nitrogens with two attached hydrogens (primary N) is 1. The molecule has 0 aromatic carbocycles. The number of anilines is 2. The van der Waals surface area contributed by atoms with Crippen molar-refractivity contribution >= 4 is 21.5 Å². The highest BCUT2D eigenvalue weighted by Crippen LogP contribution is 2.30. The quantitative estimate of drug-likeness (QED) is 0.808. The molecule has 1 saturated carbocycles. The molecule has 0 saturated heterocycles. The fraction of sp³-hybridized carbons (Fsp3) is 0.700. The SMILES string of the molecule is CC1CCC(CNc2ncc(N)s2)C1. The van der Waals surface area contributed by atoms with Gasteiger partial charge in [-0.25, -0.2) is 4.98 Å². The van der Waals surface area contributed by atoms with Crippen LogP contribution in [0.15, 0.2) is 6.20 Å². The number of rotatable bonds is 3. The topological polar surface area (TPSA) is 50.9 Å². The summed E-state index contributed by atoms with van der Waals surface area (Å²) < 4.78 is 0. The molecule has 0 aliphatic heterocycles. The Morgan fingerprint density at radius 3 is 3.07 bits per heavy atom. The third kappa shape index (κ3) is 2.38. The van der Waals surface area contributed by atoms with Gasteiger partial charge in [-0.1, -0.05) is 24.7 Å². The van der Waals surface area contributed by atoms with Crippen LogP contribution in [0.25, 0.3) is 0 Å². The van der Waals surface area contributed by atoms with Gasteiger partial charge < -0.3 is 11.1 Å². The number of nitrogens with zero attached hydrogens (tertiary/aromatic N) is 1. The Labute approximate surface area is 88.7 Å². The van der Waals surface area contributed by atoms with Crippen LogP contribution in [0, 0.1) is 11.8 Å². The summed E-state index contributed by atoms with van der Waals surface area (Å²) in [7, 11) is 0. The van der Waals surface area contributed by atoms with Crippen LogP contribution < -0.4 is 11.1 Å². The van der Waals surface area contributed by atoms with Crippen LogP contribution in [0.3, 0.4) is 0 Å². The van der Waals surface area contributed by atoms with Crippen molar-refractivity contribution in [3.63, 3.8) is 0 Å². The Kier molecular flexibility index (Phi) is 2.91. The fourth-order valence-electron chi connectivity index (χ4n) is 2.11. The zero-order valence-corrected chi connectivity index (χ0v) is 9.31. The molecule has 0 bridgehead atoms. The van der Waals surface area contributed by atoms with E-state index in [1.165, 1.54) is 30.6 Å². The van der Waals surface area contributed by atoms with Crippen LogP contribution in [-0.4, -0.2) is 11.5 Å². The molecule has 1 aromatic rings. The molecule has 1 aliphatic rings. The molecule has 2 unspecified atom stereocenters. The largest absolute Gasteiger partial charge is 0.389 e. The number of hydrogen-bond acceptors (Lipinski definition) is 4. The van der Waals surface area contributed by atoms with Gasteiger partial charge >= 0.3 is 0 Å². The molecule has 4 heteroatoms. The van der Waals surface area contributed by atoms with Crippen LogP contribution in [-0.2, 0) is 0 Å². The highest BCUT2D eigenvalue weighted by molar-refractivity contribution is 7.19. The lowest BCUT2D eigenvalue weighted by molar-refractivity contribution is 0.537. The molecule has 3 nitrogen and oxygen atoms in total. The summed E-state index contributed by atoms with van der Waals surface area (Å²) in [6.07, 6.45) is 5.81. The number of nitrogen functional groups attached to an aromatic ring is 1. The summed E-state index contributed by atoms with van der Waals surface area (Å²) >= 11 is 1.53. The van der Waals surface area contributed by atoms with Crippen molar-refractivity contribution in [2.75, 3.05) is 17.6 Å². The number of nitrogens with one attached hydrogen (secondary N) is 1. The molecule has 3 N–H and O–H groups in total. The van der Waals surface area contributed by atoms with Gasteiger partial charge in [0.05, 0.1) is 6.20 Å². The van der Waals surface area contributed by atoms with Gasteiger partial charge in [-0.15, -0.1) is 0 Å². The Hall–Kier alpha value is -0.770. The molecule has 1 aliphatic carbocycles. The van der Waals surface area contributed by atoms with E-state index in [2.05, 4.69) is 17.2 Å². The molecule has 0 amide bonds. The maximum Gasteiger partial charge on any atom is 0.184 e. The van der Waals surface area contributed by atoms with Crippen molar-refractivity contribution in [2.45, 2.75) is 26.2 Å². The van der Waals surface area contributed by atoms with Gasteiger partial charge in [-0.05, 0) is 24.7 Å². The normalized spacial score (nSPS) is 26.6. The van der Waals surface area contributed by atoms with Crippen molar-refractivity contribution in [1.82, 2.24) is 4.98 Å². The van der Waals surface area contributed by atoms with E-state index in [0.717, 1.165) is 28.5 Å². The summed E-state index contributed by atoms with van der Waals surface area (Å²) in [5.74, 6) is 1.73. The molecule has 1 heterocycles. The number of aromatic nitrogens is 1. The lowest BCUT2D eigenvalue weighted by atomic mass is 10.1. The van der Waals surface area contributed by atoms with E-state index in [1.54, 1.807) is 6.20 Å². The second-order valence-corrected chi connectivity index (χ2v) is 5.30. The van der Waals surface area contributed by atoms with Gasteiger partial charge in [-0.2, -0.15) is 0 Å². The monoisotopic (exact) mass is 211 g/mol. The lowest BCUT2D eigenvalue weighted by Crippen LogP contribution is -2.11. The molecule has 14 heavy (non-hydrogen) atoms. The molecule has 2 rings (SSSR count). The fourth-order valence-corrected chi connectivity index (χ4v) is 2.70. The zero-order valence-electron chi connectivity index (χ0n) is 8.49. The minimum atomic E-state index is 0.785. The van der Waals surface area contributed by atoms with E-state index < -0.39 is 0 Å². The Bertz CT molecular complexity index is 297. The molecular weight excluding hydrogens is 194 g/mol. The van der Waals surface area contributed by atoms with E-state index in [1.807, 2.05) is 0 Å². The predicted octanol–water partition coefficient (Wildman–Crippen LogP) is 2.57. The molecule has 0 spiro atoms. The van der Waals surface area contributed by atoms with Crippen LogP contribution in [0.5, 0.6) is 0 Å². The second kappa shape index (κ2) is 4.17. The van der Waals surface area contributed by atoms with Crippen LogP contribution in [0.2, 0.25) is 0 Å². The summed E-state index contributed by atoms with van der Waals surface area (Å²) in [5.41, 5.74) is 5.60. The van der Waals surface area contributed by atoms with Crippen molar-refractivity contribution in [1.29, 1.82) is 0 Å². The third-order valence-corrected chi connectivity index (χ3v) is 3.65. The van der Waals surface area contributed by atoms with E-state index >= 15 is 0 Å². The summed E-state index contributed by atoms with van der Waals surface area (Å²) in [6.45, 7) is 3.39. The van der Waals surface area contributed by atoms with E-state index in [9.17, 15) is 0 Å². The first-order valence-electron chi connectivity index (χ1n) is 5.19. The van der Waals surface area contributed by atoms with Gasteiger partial charge in [0.25, 0.3) is 0 Å². The standard InChI is InChI=1S/C10H17N3S/c1-7-2-3-8(4-7)5-12-10-13-6-9(11)14-10/h6-8H,2-5,11H2,1H3,(H,12,13). The van der Waals surface area contributed by atoms with Gasteiger partial charge in [0.15, 0.2) is 5.13 Å². The van der Waals surface area contributed by atoms with Crippen molar-refractivity contribution < 1.29 is 0 Å². The highest BCUT2D eigenvalue weighted by atomic mass is 32.1. The minimum absolute atomic E-state index is 0.785. The first kappa shape index (κ1) is 9.77.